The van der Waals surface area contributed by atoms with Crippen LogP contribution in [0.15, 0.2) is 11.5 Å². The van der Waals surface area contributed by atoms with Crippen LogP contribution >= 0.6 is 0 Å². The van der Waals surface area contributed by atoms with E-state index in [0.717, 1.165) is 5.92 Å². The summed E-state index contributed by atoms with van der Waals surface area (Å²) in [6.07, 6.45) is 9.41. The summed E-state index contributed by atoms with van der Waals surface area (Å²) in [7, 11) is 0.595. The van der Waals surface area contributed by atoms with Crippen molar-refractivity contribution >= 4 is 8.07 Å². The Morgan fingerprint density at radius 3 is 2.14 bits per heavy atom. The van der Waals surface area contributed by atoms with Gasteiger partial charge >= 0.3 is 0 Å². The Balaban J connectivity index is 2.62. The molecule has 82 valence electrons. The molecule has 1 saturated carbocycles. The molecule has 1 fully saturated rings. The van der Waals surface area contributed by atoms with Crippen LogP contribution in [-0.4, -0.2) is 15.2 Å². The Kier molecular flexibility index (Phi) is 4.23. The highest BCUT2D eigenvalue weighted by atomic mass is 28.3. The van der Waals surface area contributed by atoms with E-state index in [-0.39, 0.29) is 0 Å². The molecule has 1 nitrogen and oxygen atoms in total. The van der Waals surface area contributed by atoms with Gasteiger partial charge in [-0.3, -0.25) is 0 Å². The summed E-state index contributed by atoms with van der Waals surface area (Å²) in [4.78, 5) is 0. The predicted molar refractivity (Wildman–Crippen MR) is 65.0 cm³/mol. The molecule has 0 unspecified atom stereocenters. The van der Waals surface area contributed by atoms with Crippen LogP contribution in [0.4, 0.5) is 0 Å². The Hall–Kier alpha value is -0.243. The minimum atomic E-state index is -1.23. The maximum Gasteiger partial charge on any atom is 0.122 e. The topological polar surface area (TPSA) is 9.23 Å². The number of allylic oxidation sites excluding steroid dienone is 1. The first kappa shape index (κ1) is 11.8. The summed E-state index contributed by atoms with van der Waals surface area (Å²) in [5, 5.41) is 1.30. The summed E-state index contributed by atoms with van der Waals surface area (Å²) < 4.78 is 5.54. The second kappa shape index (κ2) is 5.01. The van der Waals surface area contributed by atoms with Crippen LogP contribution in [0.2, 0.25) is 19.6 Å². The summed E-state index contributed by atoms with van der Waals surface area (Å²) in [5.41, 5.74) is 0. The van der Waals surface area contributed by atoms with Gasteiger partial charge in [-0.1, -0.05) is 38.9 Å². The van der Waals surface area contributed by atoms with Gasteiger partial charge in [0.15, 0.2) is 0 Å². The van der Waals surface area contributed by atoms with Gasteiger partial charge in [0.25, 0.3) is 0 Å². The van der Waals surface area contributed by atoms with Gasteiger partial charge in [0.2, 0.25) is 0 Å². The van der Waals surface area contributed by atoms with E-state index in [2.05, 4.69) is 25.7 Å². The molecule has 0 aromatic rings. The van der Waals surface area contributed by atoms with E-state index in [1.54, 1.807) is 0 Å². The molecular weight excluding hydrogens is 188 g/mol. The SMILES string of the molecule is CO/C(=C\C1CCCCC1)[Si](C)(C)C. The third kappa shape index (κ3) is 3.49. The van der Waals surface area contributed by atoms with Gasteiger partial charge in [0, 0.05) is 0 Å². The fourth-order valence-corrected chi connectivity index (χ4v) is 3.49. The average molecular weight is 212 g/mol. The maximum atomic E-state index is 5.54. The van der Waals surface area contributed by atoms with Crippen molar-refractivity contribution < 1.29 is 4.74 Å². The molecular formula is C12H24OSi. The van der Waals surface area contributed by atoms with Crippen molar-refractivity contribution in [2.75, 3.05) is 7.11 Å². The minimum absolute atomic E-state index is 0.797. The van der Waals surface area contributed by atoms with E-state index in [0.29, 0.717) is 0 Å². The molecule has 0 radical (unpaired) electrons. The first-order chi connectivity index (χ1) is 6.54. The number of hydrogen-bond acceptors (Lipinski definition) is 1. The summed E-state index contributed by atoms with van der Waals surface area (Å²) in [5.74, 6) is 0.797. The van der Waals surface area contributed by atoms with Crippen LogP contribution in [0.1, 0.15) is 32.1 Å². The first-order valence-electron chi connectivity index (χ1n) is 5.80. The maximum absolute atomic E-state index is 5.54. The van der Waals surface area contributed by atoms with Crippen LogP contribution in [0.3, 0.4) is 0 Å². The molecule has 0 aromatic heterocycles. The Labute approximate surface area is 89.6 Å². The molecule has 0 atom stereocenters. The zero-order chi connectivity index (χ0) is 10.6. The Morgan fingerprint density at radius 1 is 1.14 bits per heavy atom. The molecule has 14 heavy (non-hydrogen) atoms. The molecule has 0 aliphatic heterocycles. The highest BCUT2D eigenvalue weighted by Crippen LogP contribution is 2.27. The molecule has 0 N–H and O–H groups in total. The van der Waals surface area contributed by atoms with Gasteiger partial charge in [-0.25, -0.2) is 0 Å². The van der Waals surface area contributed by atoms with Crippen LogP contribution in [0, 0.1) is 5.92 Å². The smallest absolute Gasteiger partial charge is 0.122 e. The van der Waals surface area contributed by atoms with E-state index >= 15 is 0 Å². The molecule has 1 aliphatic rings. The predicted octanol–water partition coefficient (Wildman–Crippen LogP) is 3.97. The monoisotopic (exact) mass is 212 g/mol. The molecule has 0 saturated heterocycles. The minimum Gasteiger partial charge on any atom is -0.507 e. The van der Waals surface area contributed by atoms with Crippen LogP contribution in [0.25, 0.3) is 0 Å². The molecule has 0 heterocycles. The van der Waals surface area contributed by atoms with Gasteiger partial charge in [-0.15, -0.1) is 0 Å². The standard InChI is InChI=1S/C12H24OSi/c1-13-12(14(2,3)4)10-11-8-6-5-7-9-11/h10-11H,5-9H2,1-4H3/b12-10+. The Morgan fingerprint density at radius 2 is 1.71 bits per heavy atom. The Bertz CT molecular complexity index is 197. The van der Waals surface area contributed by atoms with Crippen molar-refractivity contribution in [3.05, 3.63) is 11.5 Å². The van der Waals surface area contributed by atoms with Crippen LogP contribution in [-0.2, 0) is 4.74 Å². The average Bonchev–Trinajstić information content (AvgIpc) is 2.14. The lowest BCUT2D eigenvalue weighted by atomic mass is 9.89. The fraction of sp³-hybridized carbons (Fsp3) is 0.833. The van der Waals surface area contributed by atoms with Crippen molar-refractivity contribution in [3.8, 4) is 0 Å². The molecule has 1 rings (SSSR count). The summed E-state index contributed by atoms with van der Waals surface area (Å²) >= 11 is 0. The van der Waals surface area contributed by atoms with Crippen LogP contribution < -0.4 is 0 Å². The third-order valence-corrected chi connectivity index (χ3v) is 4.85. The van der Waals surface area contributed by atoms with Crippen molar-refractivity contribution in [3.63, 3.8) is 0 Å². The van der Waals surface area contributed by atoms with E-state index in [1.807, 2.05) is 7.11 Å². The first-order valence-corrected chi connectivity index (χ1v) is 9.30. The molecule has 0 amide bonds. The van der Waals surface area contributed by atoms with E-state index in [1.165, 1.54) is 37.5 Å². The lowest BCUT2D eigenvalue weighted by Crippen LogP contribution is -2.26. The molecule has 0 spiro atoms. The highest BCUT2D eigenvalue weighted by Gasteiger charge is 2.22. The zero-order valence-corrected chi connectivity index (χ0v) is 11.1. The molecule has 2 heteroatoms. The molecule has 1 aliphatic carbocycles. The zero-order valence-electron chi connectivity index (χ0n) is 10.1. The largest absolute Gasteiger partial charge is 0.507 e. The van der Waals surface area contributed by atoms with Crippen molar-refractivity contribution in [2.45, 2.75) is 51.7 Å². The number of hydrogen-bond donors (Lipinski definition) is 0. The van der Waals surface area contributed by atoms with Crippen molar-refractivity contribution in [1.82, 2.24) is 0 Å². The normalized spacial score (nSPS) is 21.0. The lowest BCUT2D eigenvalue weighted by Gasteiger charge is -2.24. The summed E-state index contributed by atoms with van der Waals surface area (Å²) in [6, 6.07) is 0. The van der Waals surface area contributed by atoms with Crippen molar-refractivity contribution in [1.29, 1.82) is 0 Å². The van der Waals surface area contributed by atoms with E-state index in [9.17, 15) is 0 Å². The van der Waals surface area contributed by atoms with Gasteiger partial charge in [0.1, 0.15) is 8.07 Å². The third-order valence-electron chi connectivity index (χ3n) is 3.00. The fourth-order valence-electron chi connectivity index (χ4n) is 2.14. The van der Waals surface area contributed by atoms with Gasteiger partial charge in [-0.05, 0) is 24.8 Å². The number of methoxy groups -OCH3 is 1. The molecule has 0 bridgehead atoms. The van der Waals surface area contributed by atoms with E-state index < -0.39 is 8.07 Å². The second-order valence-corrected chi connectivity index (χ2v) is 10.4. The summed E-state index contributed by atoms with van der Waals surface area (Å²) in [6.45, 7) is 7.06. The van der Waals surface area contributed by atoms with Gasteiger partial charge in [0.05, 0.1) is 12.5 Å². The number of rotatable bonds is 3. The van der Waals surface area contributed by atoms with E-state index in [4.69, 9.17) is 4.74 Å². The van der Waals surface area contributed by atoms with Gasteiger partial charge < -0.3 is 4.74 Å². The second-order valence-electron chi connectivity index (χ2n) is 5.38. The quantitative estimate of drug-likeness (QED) is 0.508. The van der Waals surface area contributed by atoms with Gasteiger partial charge in [-0.2, -0.15) is 0 Å². The van der Waals surface area contributed by atoms with Crippen LogP contribution in [0.5, 0.6) is 0 Å². The number of ether oxygens (including phenoxy) is 1. The highest BCUT2D eigenvalue weighted by molar-refractivity contribution is 6.82. The lowest BCUT2D eigenvalue weighted by molar-refractivity contribution is 0.306. The van der Waals surface area contributed by atoms with Crippen molar-refractivity contribution in [2.24, 2.45) is 5.92 Å². The molecule has 0 aromatic carbocycles.